The first-order valence-corrected chi connectivity index (χ1v) is 4.95. The van der Waals surface area contributed by atoms with Crippen LogP contribution in [-0.2, 0) is 14.4 Å². The molecule has 0 amide bonds. The Hall–Kier alpha value is -1.71. The Kier molecular flexibility index (Phi) is 6.23. The van der Waals surface area contributed by atoms with Gasteiger partial charge in [-0.2, -0.15) is 0 Å². The van der Waals surface area contributed by atoms with E-state index in [2.05, 4.69) is 5.32 Å². The van der Waals surface area contributed by atoms with E-state index in [0.29, 0.717) is 0 Å². The zero-order valence-corrected chi connectivity index (χ0v) is 9.37. The van der Waals surface area contributed by atoms with Gasteiger partial charge in [0, 0.05) is 13.1 Å². The number of carboxylic acid groups (broad SMARTS) is 3. The third-order valence-corrected chi connectivity index (χ3v) is 2.05. The zero-order chi connectivity index (χ0) is 14.3. The van der Waals surface area contributed by atoms with Crippen molar-refractivity contribution in [1.82, 2.24) is 5.32 Å². The van der Waals surface area contributed by atoms with E-state index in [-0.39, 0.29) is 6.10 Å². The molecule has 0 atom stereocenters. The summed E-state index contributed by atoms with van der Waals surface area (Å²) < 4.78 is 0. The smallest absolute Gasteiger partial charge is 0.336 e. The molecule has 1 fully saturated rings. The van der Waals surface area contributed by atoms with Gasteiger partial charge >= 0.3 is 17.9 Å². The fourth-order valence-corrected chi connectivity index (χ4v) is 0.988. The van der Waals surface area contributed by atoms with E-state index < -0.39 is 36.4 Å². The molecule has 0 radical (unpaired) electrons. The van der Waals surface area contributed by atoms with Crippen molar-refractivity contribution in [2.75, 3.05) is 13.1 Å². The average molecular weight is 265 g/mol. The summed E-state index contributed by atoms with van der Waals surface area (Å²) in [7, 11) is 0. The van der Waals surface area contributed by atoms with Gasteiger partial charge in [0.05, 0.1) is 18.9 Å². The molecule has 0 aliphatic carbocycles. The van der Waals surface area contributed by atoms with Crippen LogP contribution in [0.2, 0.25) is 0 Å². The van der Waals surface area contributed by atoms with E-state index in [1.165, 1.54) is 0 Å². The zero-order valence-electron chi connectivity index (χ0n) is 9.37. The molecule has 0 saturated carbocycles. The highest BCUT2D eigenvalue weighted by molar-refractivity contribution is 5.88. The van der Waals surface area contributed by atoms with Crippen LogP contribution in [0.25, 0.3) is 0 Å². The van der Waals surface area contributed by atoms with E-state index >= 15 is 0 Å². The second-order valence-corrected chi connectivity index (χ2v) is 3.79. The van der Waals surface area contributed by atoms with E-state index in [4.69, 9.17) is 25.5 Å². The summed E-state index contributed by atoms with van der Waals surface area (Å²) in [4.78, 5) is 30.5. The second-order valence-electron chi connectivity index (χ2n) is 3.79. The van der Waals surface area contributed by atoms with Crippen molar-refractivity contribution in [1.29, 1.82) is 0 Å². The Balaban J connectivity index is 0.000000473. The van der Waals surface area contributed by atoms with Crippen LogP contribution in [0.1, 0.15) is 12.8 Å². The van der Waals surface area contributed by atoms with Gasteiger partial charge in [-0.1, -0.05) is 0 Å². The molecule has 6 N–H and O–H groups in total. The quantitative estimate of drug-likeness (QED) is 0.320. The molecule has 9 nitrogen and oxygen atoms in total. The Morgan fingerprint density at radius 1 is 1.06 bits per heavy atom. The number of carboxylic acids is 3. The average Bonchev–Trinajstić information content (AvgIpc) is 2.12. The van der Waals surface area contributed by atoms with E-state index in [9.17, 15) is 14.4 Å². The molecule has 18 heavy (non-hydrogen) atoms. The minimum Gasteiger partial charge on any atom is -0.481 e. The molecule has 1 aliphatic rings. The van der Waals surface area contributed by atoms with Crippen molar-refractivity contribution < 1.29 is 39.9 Å². The molecular weight excluding hydrogens is 250 g/mol. The normalized spacial score (nSPS) is 15.0. The van der Waals surface area contributed by atoms with Gasteiger partial charge in [0.2, 0.25) is 0 Å². The number of aliphatic hydroxyl groups is 2. The topological polar surface area (TPSA) is 164 Å². The van der Waals surface area contributed by atoms with Gasteiger partial charge in [-0.05, 0) is 0 Å². The van der Waals surface area contributed by atoms with Crippen LogP contribution < -0.4 is 5.32 Å². The first kappa shape index (κ1) is 16.3. The van der Waals surface area contributed by atoms with E-state index in [0.717, 1.165) is 13.1 Å². The molecule has 0 aromatic rings. The number of carbonyl (C=O) groups is 3. The predicted octanol–water partition coefficient (Wildman–Crippen LogP) is -2.30. The van der Waals surface area contributed by atoms with E-state index in [1.54, 1.807) is 0 Å². The highest BCUT2D eigenvalue weighted by Crippen LogP contribution is 2.15. The molecule has 1 saturated heterocycles. The Morgan fingerprint density at radius 2 is 1.39 bits per heavy atom. The van der Waals surface area contributed by atoms with Crippen LogP contribution in [0.3, 0.4) is 0 Å². The number of β-amino-alcohol motifs (C(OH)–C–C–N with tert-alkyl or cyclic N) is 1. The van der Waals surface area contributed by atoms with Crippen molar-refractivity contribution in [3.63, 3.8) is 0 Å². The summed E-state index contributed by atoms with van der Waals surface area (Å²) in [5, 5.41) is 45.1. The van der Waals surface area contributed by atoms with Crippen LogP contribution in [-0.4, -0.2) is 68.2 Å². The van der Waals surface area contributed by atoms with Gasteiger partial charge in [0.1, 0.15) is 0 Å². The summed E-state index contributed by atoms with van der Waals surface area (Å²) in [5.41, 5.74) is -2.74. The maximum atomic E-state index is 10.3. The molecule has 104 valence electrons. The summed E-state index contributed by atoms with van der Waals surface area (Å²) in [5.74, 6) is -5.02. The number of rotatable bonds is 5. The summed E-state index contributed by atoms with van der Waals surface area (Å²) in [6, 6.07) is 0. The summed E-state index contributed by atoms with van der Waals surface area (Å²) in [6.45, 7) is 1.58. The Morgan fingerprint density at radius 3 is 1.50 bits per heavy atom. The molecule has 0 spiro atoms. The third kappa shape index (κ3) is 6.13. The lowest BCUT2D eigenvalue weighted by atomic mass is 9.96. The van der Waals surface area contributed by atoms with Crippen LogP contribution in [0.15, 0.2) is 0 Å². The minimum atomic E-state index is -2.74. The molecule has 0 aromatic carbocycles. The number of hydrogen-bond donors (Lipinski definition) is 6. The fourth-order valence-electron chi connectivity index (χ4n) is 0.988. The van der Waals surface area contributed by atoms with E-state index in [1.807, 2.05) is 0 Å². The first-order valence-electron chi connectivity index (χ1n) is 4.95. The van der Waals surface area contributed by atoms with Gasteiger partial charge in [-0.25, -0.2) is 4.79 Å². The number of aliphatic carboxylic acids is 3. The molecule has 9 heteroatoms. The standard InChI is InChI=1S/C6H8O7.C3H7NO/c7-3(8)1-6(13,5(11)12)2-4(9)10;5-3-1-4-2-3/h13H,1-2H2,(H,7,8)(H,9,10)(H,11,12);3-5H,1-2H2. The summed E-state index contributed by atoms with van der Waals surface area (Å²) in [6.07, 6.45) is -2.33. The van der Waals surface area contributed by atoms with Gasteiger partial charge in [-0.3, -0.25) is 9.59 Å². The molecule has 1 rings (SSSR count). The second kappa shape index (κ2) is 6.89. The maximum Gasteiger partial charge on any atom is 0.336 e. The Labute approximate surface area is 102 Å². The lowest BCUT2D eigenvalue weighted by Gasteiger charge is -2.20. The van der Waals surface area contributed by atoms with Gasteiger partial charge in [0.25, 0.3) is 0 Å². The number of hydrogen-bond acceptors (Lipinski definition) is 6. The molecule has 0 unspecified atom stereocenters. The van der Waals surface area contributed by atoms with Gasteiger partial charge < -0.3 is 30.8 Å². The summed E-state index contributed by atoms with van der Waals surface area (Å²) >= 11 is 0. The van der Waals surface area contributed by atoms with Crippen LogP contribution in [0.4, 0.5) is 0 Å². The van der Waals surface area contributed by atoms with Gasteiger partial charge in [0.15, 0.2) is 5.60 Å². The van der Waals surface area contributed by atoms with Gasteiger partial charge in [-0.15, -0.1) is 0 Å². The van der Waals surface area contributed by atoms with Crippen molar-refractivity contribution in [2.24, 2.45) is 0 Å². The highest BCUT2D eigenvalue weighted by Gasteiger charge is 2.40. The monoisotopic (exact) mass is 265 g/mol. The minimum absolute atomic E-state index is 0.0463. The van der Waals surface area contributed by atoms with Crippen LogP contribution in [0, 0.1) is 0 Å². The maximum absolute atomic E-state index is 10.3. The lowest BCUT2D eigenvalue weighted by molar-refractivity contribution is -0.170. The highest BCUT2D eigenvalue weighted by atomic mass is 16.4. The van der Waals surface area contributed by atoms with Crippen molar-refractivity contribution in [3.8, 4) is 0 Å². The molecule has 0 aromatic heterocycles. The third-order valence-electron chi connectivity index (χ3n) is 2.05. The van der Waals surface area contributed by atoms with Crippen LogP contribution in [0.5, 0.6) is 0 Å². The number of nitrogens with one attached hydrogen (secondary N) is 1. The van der Waals surface area contributed by atoms with Crippen molar-refractivity contribution in [2.45, 2.75) is 24.5 Å². The largest absolute Gasteiger partial charge is 0.481 e. The lowest BCUT2D eigenvalue weighted by Crippen LogP contribution is -2.46. The Bertz CT molecular complexity index is 309. The predicted molar refractivity (Wildman–Crippen MR) is 56.0 cm³/mol. The first-order chi connectivity index (χ1) is 8.17. The molecule has 1 aliphatic heterocycles. The van der Waals surface area contributed by atoms with Crippen molar-refractivity contribution >= 4 is 17.9 Å². The molecule has 0 bridgehead atoms. The molecule has 1 heterocycles. The fraction of sp³-hybridized carbons (Fsp3) is 0.667. The number of aliphatic hydroxyl groups excluding tert-OH is 1. The SMILES string of the molecule is O=C(O)CC(O)(CC(=O)O)C(=O)O.OC1CNC1. The molecular formula is C9H15NO8. The van der Waals surface area contributed by atoms with Crippen molar-refractivity contribution in [3.05, 3.63) is 0 Å². The van der Waals surface area contributed by atoms with Crippen LogP contribution >= 0.6 is 0 Å².